The highest BCUT2D eigenvalue weighted by molar-refractivity contribution is 5.78. The van der Waals surface area contributed by atoms with Gasteiger partial charge in [-0.15, -0.1) is 0 Å². The number of aromatic hydroxyl groups is 1. The Balaban J connectivity index is 1.82. The summed E-state index contributed by atoms with van der Waals surface area (Å²) in [5.74, 6) is 0.297. The Hall–Kier alpha value is -2.03. The zero-order chi connectivity index (χ0) is 11.2. The predicted octanol–water partition coefficient (Wildman–Crippen LogP) is 2.65. The minimum Gasteiger partial charge on any atom is -0.508 e. The van der Waals surface area contributed by atoms with E-state index in [1.807, 2.05) is 18.2 Å². The van der Waals surface area contributed by atoms with Crippen LogP contribution in [-0.2, 0) is 6.42 Å². The highest BCUT2D eigenvalue weighted by Crippen LogP contribution is 2.09. The lowest BCUT2D eigenvalue weighted by Gasteiger charge is -1.97. The lowest BCUT2D eigenvalue weighted by molar-refractivity contribution is 0.475. The van der Waals surface area contributed by atoms with Crippen molar-refractivity contribution in [1.82, 2.24) is 0 Å². The fourth-order valence-electron chi connectivity index (χ4n) is 1.37. The minimum atomic E-state index is 0.297. The van der Waals surface area contributed by atoms with E-state index in [-0.39, 0.29) is 0 Å². The molecule has 3 nitrogen and oxygen atoms in total. The van der Waals surface area contributed by atoms with Gasteiger partial charge < -0.3 is 9.52 Å². The molecule has 1 aromatic heterocycles. The van der Waals surface area contributed by atoms with Crippen molar-refractivity contribution in [2.75, 3.05) is 6.54 Å². The van der Waals surface area contributed by atoms with E-state index in [2.05, 4.69) is 4.99 Å². The van der Waals surface area contributed by atoms with E-state index in [1.165, 1.54) is 5.56 Å². The van der Waals surface area contributed by atoms with Crippen LogP contribution in [0.4, 0.5) is 0 Å². The Morgan fingerprint density at radius 1 is 1.19 bits per heavy atom. The van der Waals surface area contributed by atoms with E-state index >= 15 is 0 Å². The molecule has 1 aromatic carbocycles. The van der Waals surface area contributed by atoms with Gasteiger partial charge in [0.15, 0.2) is 0 Å². The monoisotopic (exact) mass is 215 g/mol. The standard InChI is InChI=1S/C13H13NO2/c15-13-3-1-11(2-4-13)5-7-14-9-12-6-8-16-10-12/h1-4,6,8-10,15H,5,7H2/b14-9+. The molecule has 0 atom stereocenters. The molecule has 82 valence electrons. The summed E-state index contributed by atoms with van der Waals surface area (Å²) in [4.78, 5) is 4.28. The van der Waals surface area contributed by atoms with Crippen LogP contribution in [0.5, 0.6) is 5.75 Å². The topological polar surface area (TPSA) is 45.7 Å². The minimum absolute atomic E-state index is 0.297. The summed E-state index contributed by atoms with van der Waals surface area (Å²) in [7, 11) is 0. The van der Waals surface area contributed by atoms with Crippen molar-refractivity contribution in [3.05, 3.63) is 54.0 Å². The number of hydrogen-bond acceptors (Lipinski definition) is 3. The molecule has 0 radical (unpaired) electrons. The molecule has 0 aliphatic heterocycles. The smallest absolute Gasteiger partial charge is 0.115 e. The van der Waals surface area contributed by atoms with Gasteiger partial charge in [-0.2, -0.15) is 0 Å². The van der Waals surface area contributed by atoms with Crippen LogP contribution in [0.2, 0.25) is 0 Å². The molecule has 1 heterocycles. The number of rotatable bonds is 4. The number of phenols is 1. The fourth-order valence-corrected chi connectivity index (χ4v) is 1.37. The van der Waals surface area contributed by atoms with E-state index in [0.29, 0.717) is 5.75 Å². The molecule has 0 saturated heterocycles. The van der Waals surface area contributed by atoms with Gasteiger partial charge in [0.2, 0.25) is 0 Å². The van der Waals surface area contributed by atoms with Gasteiger partial charge in [-0.1, -0.05) is 12.1 Å². The van der Waals surface area contributed by atoms with Gasteiger partial charge in [0.25, 0.3) is 0 Å². The molecule has 0 bridgehead atoms. The van der Waals surface area contributed by atoms with E-state index in [0.717, 1.165) is 18.5 Å². The number of furan rings is 1. The Bertz CT molecular complexity index is 443. The molecule has 0 saturated carbocycles. The quantitative estimate of drug-likeness (QED) is 0.797. The van der Waals surface area contributed by atoms with Crippen molar-refractivity contribution < 1.29 is 9.52 Å². The summed E-state index contributed by atoms with van der Waals surface area (Å²) >= 11 is 0. The maximum absolute atomic E-state index is 9.11. The first kappa shape index (κ1) is 10.5. The SMILES string of the molecule is Oc1ccc(CC/N=C/c2ccoc2)cc1. The second kappa shape index (κ2) is 5.16. The summed E-state index contributed by atoms with van der Waals surface area (Å²) in [6.45, 7) is 0.732. The highest BCUT2D eigenvalue weighted by Gasteiger charge is 1.92. The fraction of sp³-hybridized carbons (Fsp3) is 0.154. The number of aliphatic imine (C=N–C) groups is 1. The second-order valence-electron chi connectivity index (χ2n) is 3.51. The molecule has 3 heteroatoms. The molecule has 0 unspecified atom stereocenters. The number of nitrogens with zero attached hydrogens (tertiary/aromatic N) is 1. The Morgan fingerprint density at radius 2 is 2.00 bits per heavy atom. The molecular formula is C13H13NO2. The number of hydrogen-bond donors (Lipinski definition) is 1. The van der Waals surface area contributed by atoms with Crippen molar-refractivity contribution in [1.29, 1.82) is 0 Å². The lowest BCUT2D eigenvalue weighted by atomic mass is 10.1. The van der Waals surface area contributed by atoms with Crippen molar-refractivity contribution in [2.45, 2.75) is 6.42 Å². The molecule has 0 aliphatic carbocycles. The average molecular weight is 215 g/mol. The summed E-state index contributed by atoms with van der Waals surface area (Å²) in [5, 5.41) is 9.11. The lowest BCUT2D eigenvalue weighted by Crippen LogP contribution is -1.89. The van der Waals surface area contributed by atoms with Gasteiger partial charge in [0, 0.05) is 18.3 Å². The molecule has 1 N–H and O–H groups in total. The van der Waals surface area contributed by atoms with Crippen LogP contribution in [0.1, 0.15) is 11.1 Å². The Morgan fingerprint density at radius 3 is 2.69 bits per heavy atom. The van der Waals surface area contributed by atoms with E-state index in [1.54, 1.807) is 30.9 Å². The van der Waals surface area contributed by atoms with E-state index in [9.17, 15) is 0 Å². The third-order valence-corrected chi connectivity index (χ3v) is 2.25. The summed E-state index contributed by atoms with van der Waals surface area (Å²) in [6, 6.07) is 9.06. The molecule has 16 heavy (non-hydrogen) atoms. The third kappa shape index (κ3) is 2.98. The zero-order valence-electron chi connectivity index (χ0n) is 8.84. The van der Waals surface area contributed by atoms with E-state index in [4.69, 9.17) is 9.52 Å². The van der Waals surface area contributed by atoms with Crippen molar-refractivity contribution >= 4 is 6.21 Å². The molecule has 0 spiro atoms. The van der Waals surface area contributed by atoms with Crippen molar-refractivity contribution in [3.8, 4) is 5.75 Å². The van der Waals surface area contributed by atoms with Gasteiger partial charge in [0.05, 0.1) is 12.5 Å². The van der Waals surface area contributed by atoms with Gasteiger partial charge in [-0.3, -0.25) is 4.99 Å². The van der Waals surface area contributed by atoms with Gasteiger partial charge in [0.1, 0.15) is 5.75 Å². The first-order chi connectivity index (χ1) is 7.84. The van der Waals surface area contributed by atoms with Crippen LogP contribution in [0, 0.1) is 0 Å². The van der Waals surface area contributed by atoms with E-state index < -0.39 is 0 Å². The molecule has 2 aromatic rings. The molecule has 0 aliphatic rings. The Labute approximate surface area is 94.1 Å². The van der Waals surface area contributed by atoms with Crippen molar-refractivity contribution in [2.24, 2.45) is 4.99 Å². The highest BCUT2D eigenvalue weighted by atomic mass is 16.3. The van der Waals surface area contributed by atoms with Gasteiger partial charge in [-0.25, -0.2) is 0 Å². The first-order valence-electron chi connectivity index (χ1n) is 5.14. The maximum Gasteiger partial charge on any atom is 0.115 e. The largest absolute Gasteiger partial charge is 0.508 e. The van der Waals surface area contributed by atoms with Crippen LogP contribution in [-0.4, -0.2) is 17.9 Å². The summed E-state index contributed by atoms with van der Waals surface area (Å²) in [5.41, 5.74) is 2.15. The van der Waals surface area contributed by atoms with Crippen LogP contribution < -0.4 is 0 Å². The number of benzene rings is 1. The molecule has 2 rings (SSSR count). The third-order valence-electron chi connectivity index (χ3n) is 2.25. The van der Waals surface area contributed by atoms with Crippen molar-refractivity contribution in [3.63, 3.8) is 0 Å². The van der Waals surface area contributed by atoms with Gasteiger partial charge >= 0.3 is 0 Å². The average Bonchev–Trinajstić information content (AvgIpc) is 2.80. The first-order valence-corrected chi connectivity index (χ1v) is 5.14. The second-order valence-corrected chi connectivity index (χ2v) is 3.51. The molecule has 0 fully saturated rings. The maximum atomic E-state index is 9.11. The van der Waals surface area contributed by atoms with Crippen LogP contribution in [0.25, 0.3) is 0 Å². The predicted molar refractivity (Wildman–Crippen MR) is 63.0 cm³/mol. The summed E-state index contributed by atoms with van der Waals surface area (Å²) in [6.07, 6.45) is 5.95. The van der Waals surface area contributed by atoms with Gasteiger partial charge in [-0.05, 0) is 30.2 Å². The van der Waals surface area contributed by atoms with Crippen LogP contribution in [0.15, 0.2) is 52.3 Å². The zero-order valence-corrected chi connectivity index (χ0v) is 8.84. The number of phenolic OH excluding ortho intramolecular Hbond substituents is 1. The Kier molecular flexibility index (Phi) is 3.38. The molecule has 0 amide bonds. The van der Waals surface area contributed by atoms with Crippen LogP contribution in [0.3, 0.4) is 0 Å². The van der Waals surface area contributed by atoms with Crippen LogP contribution >= 0.6 is 0 Å². The molecular weight excluding hydrogens is 202 g/mol. The summed E-state index contributed by atoms with van der Waals surface area (Å²) < 4.78 is 4.92. The normalized spacial score (nSPS) is 11.0.